The maximum atomic E-state index is 13.4. The second-order valence-corrected chi connectivity index (χ2v) is 4.66. The molecule has 1 aromatic heterocycles. The molecule has 0 saturated carbocycles. The van der Waals surface area contributed by atoms with Crippen LogP contribution in [0.15, 0.2) is 23.7 Å². The molecule has 0 aliphatic heterocycles. The van der Waals surface area contributed by atoms with Crippen LogP contribution in [0.2, 0.25) is 5.02 Å². The van der Waals surface area contributed by atoms with Crippen LogP contribution in [0.1, 0.15) is 10.6 Å². The number of halogens is 2. The number of anilines is 1. The highest BCUT2D eigenvalue weighted by Gasteiger charge is 2.07. The second kappa shape index (κ2) is 4.80. The van der Waals surface area contributed by atoms with E-state index in [4.69, 9.17) is 11.6 Å². The summed E-state index contributed by atoms with van der Waals surface area (Å²) in [5, 5.41) is 3.38. The molecule has 0 unspecified atom stereocenters. The first kappa shape index (κ1) is 11.4. The molecule has 0 bridgehead atoms. The molecule has 5 heteroatoms. The molecule has 0 fully saturated rings. The topological polar surface area (TPSA) is 24.9 Å². The quantitative estimate of drug-likeness (QED) is 0.902. The van der Waals surface area contributed by atoms with Crippen LogP contribution in [0, 0.1) is 12.7 Å². The van der Waals surface area contributed by atoms with Gasteiger partial charge in [0.1, 0.15) is 5.82 Å². The van der Waals surface area contributed by atoms with Crippen LogP contribution in [0.4, 0.5) is 10.1 Å². The number of nitrogens with zero attached hydrogens (tertiary/aromatic N) is 1. The van der Waals surface area contributed by atoms with Crippen molar-refractivity contribution < 1.29 is 4.39 Å². The number of nitrogens with one attached hydrogen (secondary N) is 1. The van der Waals surface area contributed by atoms with E-state index >= 15 is 0 Å². The molecule has 0 aliphatic rings. The summed E-state index contributed by atoms with van der Waals surface area (Å²) in [5.41, 5.74) is 3.08. The zero-order valence-corrected chi connectivity index (χ0v) is 10.2. The Kier molecular flexibility index (Phi) is 3.41. The van der Waals surface area contributed by atoms with Gasteiger partial charge in [-0.15, -0.1) is 11.3 Å². The van der Waals surface area contributed by atoms with Crippen molar-refractivity contribution >= 4 is 28.6 Å². The van der Waals surface area contributed by atoms with E-state index in [1.54, 1.807) is 29.0 Å². The van der Waals surface area contributed by atoms with Crippen LogP contribution >= 0.6 is 22.9 Å². The Hall–Kier alpha value is -1.13. The maximum Gasteiger partial charge on any atom is 0.147 e. The van der Waals surface area contributed by atoms with E-state index in [9.17, 15) is 4.39 Å². The van der Waals surface area contributed by atoms with E-state index in [1.165, 1.54) is 6.07 Å². The molecule has 1 aromatic carbocycles. The number of hydrogen-bond acceptors (Lipinski definition) is 3. The lowest BCUT2D eigenvalue weighted by molar-refractivity contribution is 0.630. The summed E-state index contributed by atoms with van der Waals surface area (Å²) < 4.78 is 13.4. The van der Waals surface area contributed by atoms with Gasteiger partial charge >= 0.3 is 0 Å². The van der Waals surface area contributed by atoms with Gasteiger partial charge in [-0.05, 0) is 19.1 Å². The average Bonchev–Trinajstić information content (AvgIpc) is 2.64. The Morgan fingerprint density at radius 3 is 2.94 bits per heavy atom. The fourth-order valence-corrected chi connectivity index (χ4v) is 2.28. The number of rotatable bonds is 3. The van der Waals surface area contributed by atoms with Crippen molar-refractivity contribution in [1.82, 2.24) is 4.98 Å². The highest BCUT2D eigenvalue weighted by atomic mass is 35.5. The van der Waals surface area contributed by atoms with Gasteiger partial charge in [-0.1, -0.05) is 17.7 Å². The van der Waals surface area contributed by atoms with Gasteiger partial charge in [0.2, 0.25) is 0 Å². The summed E-state index contributed by atoms with van der Waals surface area (Å²) in [5.74, 6) is -0.338. The molecule has 2 rings (SSSR count). The Balaban J connectivity index is 2.14. The second-order valence-electron chi connectivity index (χ2n) is 3.31. The first-order valence-electron chi connectivity index (χ1n) is 4.75. The lowest BCUT2D eigenvalue weighted by Gasteiger charge is -2.08. The third kappa shape index (κ3) is 2.33. The molecule has 2 nitrogen and oxygen atoms in total. The predicted molar refractivity (Wildman–Crippen MR) is 65.6 cm³/mol. The van der Waals surface area contributed by atoms with Crippen molar-refractivity contribution in [2.45, 2.75) is 13.5 Å². The third-order valence-corrected chi connectivity index (χ3v) is 3.48. The normalized spacial score (nSPS) is 10.4. The van der Waals surface area contributed by atoms with Crippen molar-refractivity contribution in [2.24, 2.45) is 0 Å². The molecular formula is C11H10ClFN2S. The summed E-state index contributed by atoms with van der Waals surface area (Å²) in [6, 6.07) is 4.63. The van der Waals surface area contributed by atoms with Gasteiger partial charge in [0, 0.05) is 4.88 Å². The Morgan fingerprint density at radius 2 is 2.31 bits per heavy atom. The van der Waals surface area contributed by atoms with Crippen molar-refractivity contribution in [1.29, 1.82) is 0 Å². The Bertz CT molecular complexity index is 478. The Labute approximate surface area is 102 Å². The standard InChI is InChI=1S/C11H10ClFN2S/c1-7-10(16-6-15-7)5-14-11-8(12)3-2-4-9(11)13/h2-4,6,14H,5H2,1H3. The van der Waals surface area contributed by atoms with E-state index in [1.807, 2.05) is 6.92 Å². The molecule has 0 radical (unpaired) electrons. The molecule has 0 spiro atoms. The van der Waals surface area contributed by atoms with Gasteiger partial charge in [0.15, 0.2) is 0 Å². The lowest BCUT2D eigenvalue weighted by Crippen LogP contribution is -2.01. The highest BCUT2D eigenvalue weighted by molar-refractivity contribution is 7.09. The highest BCUT2D eigenvalue weighted by Crippen LogP contribution is 2.25. The van der Waals surface area contributed by atoms with Crippen molar-refractivity contribution in [3.05, 3.63) is 45.1 Å². The average molecular weight is 257 g/mol. The predicted octanol–water partition coefficient (Wildman–Crippen LogP) is 3.86. The van der Waals surface area contributed by atoms with E-state index < -0.39 is 0 Å². The molecule has 0 aliphatic carbocycles. The van der Waals surface area contributed by atoms with Crippen LogP contribution in [0.5, 0.6) is 0 Å². The number of aryl methyl sites for hydroxylation is 1. The largest absolute Gasteiger partial charge is 0.376 e. The summed E-state index contributed by atoms with van der Waals surface area (Å²) in [4.78, 5) is 5.21. The summed E-state index contributed by atoms with van der Waals surface area (Å²) in [6.07, 6.45) is 0. The van der Waals surface area contributed by atoms with Crippen molar-refractivity contribution in [3.8, 4) is 0 Å². The van der Waals surface area contributed by atoms with E-state index in [-0.39, 0.29) is 5.82 Å². The smallest absolute Gasteiger partial charge is 0.147 e. The number of thiazole rings is 1. The van der Waals surface area contributed by atoms with Gasteiger partial charge in [-0.3, -0.25) is 0 Å². The molecule has 84 valence electrons. The van der Waals surface area contributed by atoms with E-state index in [0.29, 0.717) is 17.3 Å². The molecule has 1 N–H and O–H groups in total. The summed E-state index contributed by atoms with van der Waals surface area (Å²) >= 11 is 7.44. The van der Waals surface area contributed by atoms with E-state index in [2.05, 4.69) is 10.3 Å². The SMILES string of the molecule is Cc1ncsc1CNc1c(F)cccc1Cl. The van der Waals surface area contributed by atoms with Gasteiger partial charge in [0.25, 0.3) is 0 Å². The minimum atomic E-state index is -0.338. The first-order chi connectivity index (χ1) is 7.68. The molecule has 0 saturated heterocycles. The van der Waals surface area contributed by atoms with E-state index in [0.717, 1.165) is 10.6 Å². The number of benzene rings is 1. The van der Waals surface area contributed by atoms with Gasteiger partial charge < -0.3 is 5.32 Å². The first-order valence-corrected chi connectivity index (χ1v) is 6.01. The van der Waals surface area contributed by atoms with Gasteiger partial charge in [-0.25, -0.2) is 9.37 Å². The fraction of sp³-hybridized carbons (Fsp3) is 0.182. The summed E-state index contributed by atoms with van der Waals surface area (Å²) in [7, 11) is 0. The third-order valence-electron chi connectivity index (χ3n) is 2.23. The van der Waals surface area contributed by atoms with Crippen LogP contribution in [-0.4, -0.2) is 4.98 Å². The Morgan fingerprint density at radius 1 is 1.50 bits per heavy atom. The molecular weight excluding hydrogens is 247 g/mol. The number of aromatic nitrogens is 1. The summed E-state index contributed by atoms with van der Waals surface area (Å²) in [6.45, 7) is 2.47. The van der Waals surface area contributed by atoms with Gasteiger partial charge in [-0.2, -0.15) is 0 Å². The molecule has 2 aromatic rings. The van der Waals surface area contributed by atoms with Crippen molar-refractivity contribution in [2.75, 3.05) is 5.32 Å². The zero-order valence-electron chi connectivity index (χ0n) is 8.63. The lowest BCUT2D eigenvalue weighted by atomic mass is 10.3. The maximum absolute atomic E-state index is 13.4. The zero-order chi connectivity index (χ0) is 11.5. The molecule has 0 amide bonds. The fourth-order valence-electron chi connectivity index (χ4n) is 1.33. The monoisotopic (exact) mass is 256 g/mol. The molecule has 0 atom stereocenters. The number of hydrogen-bond donors (Lipinski definition) is 1. The van der Waals surface area contributed by atoms with Crippen LogP contribution in [0.3, 0.4) is 0 Å². The minimum absolute atomic E-state index is 0.338. The van der Waals surface area contributed by atoms with Crippen LogP contribution in [0.25, 0.3) is 0 Å². The molecule has 16 heavy (non-hydrogen) atoms. The van der Waals surface area contributed by atoms with Crippen LogP contribution < -0.4 is 5.32 Å². The van der Waals surface area contributed by atoms with Crippen LogP contribution in [-0.2, 0) is 6.54 Å². The number of para-hydroxylation sites is 1. The van der Waals surface area contributed by atoms with Gasteiger partial charge in [0.05, 0.1) is 28.5 Å². The van der Waals surface area contributed by atoms with Crippen molar-refractivity contribution in [3.63, 3.8) is 0 Å². The minimum Gasteiger partial charge on any atom is -0.376 e. The molecule has 1 heterocycles.